The molecule has 0 aliphatic heterocycles. The van der Waals surface area contributed by atoms with Crippen molar-refractivity contribution in [2.75, 3.05) is 5.73 Å². The van der Waals surface area contributed by atoms with Crippen molar-refractivity contribution in [3.63, 3.8) is 0 Å². The summed E-state index contributed by atoms with van der Waals surface area (Å²) in [6, 6.07) is 3.22. The predicted molar refractivity (Wildman–Crippen MR) is 49.2 cm³/mol. The van der Waals surface area contributed by atoms with E-state index in [1.165, 1.54) is 10.9 Å². The topological polar surface area (TPSA) is 73.8 Å². The van der Waals surface area contributed by atoms with Gasteiger partial charge in [-0.25, -0.2) is 9.97 Å². The minimum atomic E-state index is -0.113. The number of fused-ring (bicyclic) bond motifs is 1. The highest BCUT2D eigenvalue weighted by atomic mass is 16.1. The fourth-order valence-corrected chi connectivity index (χ4v) is 1.11. The first-order valence-corrected chi connectivity index (χ1v) is 3.76. The minimum absolute atomic E-state index is 0.113. The Morgan fingerprint density at radius 3 is 3.00 bits per heavy atom. The molecule has 2 heterocycles. The molecule has 0 amide bonds. The van der Waals surface area contributed by atoms with E-state index < -0.39 is 0 Å². The molecule has 5 nitrogen and oxygen atoms in total. The number of hydrogen-bond donors (Lipinski definition) is 1. The lowest BCUT2D eigenvalue weighted by Gasteiger charge is -1.99. The number of nitrogens with two attached hydrogens (primary N) is 1. The second-order valence-electron chi connectivity index (χ2n) is 2.77. The monoisotopic (exact) mass is 176 g/mol. The molecule has 2 aromatic heterocycles. The summed E-state index contributed by atoms with van der Waals surface area (Å²) < 4.78 is 1.40. The zero-order valence-corrected chi connectivity index (χ0v) is 7.06. The first-order chi connectivity index (χ1) is 6.18. The molecular weight excluding hydrogens is 168 g/mol. The second-order valence-corrected chi connectivity index (χ2v) is 2.77. The van der Waals surface area contributed by atoms with Crippen LogP contribution in [0.5, 0.6) is 0 Å². The van der Waals surface area contributed by atoms with Crippen molar-refractivity contribution < 1.29 is 0 Å². The van der Waals surface area contributed by atoms with Crippen molar-refractivity contribution in [2.45, 2.75) is 0 Å². The van der Waals surface area contributed by atoms with Crippen molar-refractivity contribution in [2.24, 2.45) is 7.05 Å². The number of nitrogen functional groups attached to an aromatic ring is 1. The number of pyridine rings is 1. The average molecular weight is 176 g/mol. The van der Waals surface area contributed by atoms with E-state index in [0.29, 0.717) is 16.9 Å². The SMILES string of the molecule is Cn1cnc2nc(N)ccc2c1=O. The zero-order valence-electron chi connectivity index (χ0n) is 7.06. The molecule has 0 aliphatic carbocycles. The third-order valence-electron chi connectivity index (χ3n) is 1.80. The fraction of sp³-hybridized carbons (Fsp3) is 0.125. The third-order valence-corrected chi connectivity index (χ3v) is 1.80. The molecule has 2 aromatic rings. The van der Waals surface area contributed by atoms with Gasteiger partial charge in [0.25, 0.3) is 5.56 Å². The molecule has 0 unspecified atom stereocenters. The van der Waals surface area contributed by atoms with Gasteiger partial charge in [0.05, 0.1) is 11.7 Å². The fourth-order valence-electron chi connectivity index (χ4n) is 1.11. The van der Waals surface area contributed by atoms with Crippen LogP contribution >= 0.6 is 0 Å². The van der Waals surface area contributed by atoms with Crippen LogP contribution in [0.4, 0.5) is 5.82 Å². The Hall–Kier alpha value is -1.91. The van der Waals surface area contributed by atoms with Gasteiger partial charge >= 0.3 is 0 Å². The summed E-state index contributed by atoms with van der Waals surface area (Å²) in [5.74, 6) is 0.369. The standard InChI is InChI=1S/C8H8N4O/c1-12-4-10-7-5(8(12)13)2-3-6(9)11-7/h2-4H,1H3,(H2,9,11). The number of rotatable bonds is 0. The quantitative estimate of drug-likeness (QED) is 0.608. The van der Waals surface area contributed by atoms with Gasteiger partial charge in [-0.05, 0) is 12.1 Å². The van der Waals surface area contributed by atoms with E-state index in [0.717, 1.165) is 0 Å². The first-order valence-electron chi connectivity index (χ1n) is 3.76. The lowest BCUT2D eigenvalue weighted by atomic mass is 10.3. The maximum absolute atomic E-state index is 11.5. The van der Waals surface area contributed by atoms with Gasteiger partial charge in [0.1, 0.15) is 5.82 Å². The van der Waals surface area contributed by atoms with Gasteiger partial charge in [-0.2, -0.15) is 0 Å². The van der Waals surface area contributed by atoms with Crippen molar-refractivity contribution >= 4 is 16.9 Å². The second kappa shape index (κ2) is 2.55. The number of anilines is 1. The lowest BCUT2D eigenvalue weighted by molar-refractivity contribution is 0.840. The van der Waals surface area contributed by atoms with Gasteiger partial charge < -0.3 is 10.3 Å². The summed E-state index contributed by atoms with van der Waals surface area (Å²) in [5.41, 5.74) is 5.73. The molecule has 0 fully saturated rings. The van der Waals surface area contributed by atoms with Crippen LogP contribution in [0, 0.1) is 0 Å². The summed E-state index contributed by atoms with van der Waals surface area (Å²) in [5, 5.41) is 0.485. The molecule has 2 N–H and O–H groups in total. The smallest absolute Gasteiger partial charge is 0.262 e. The Kier molecular flexibility index (Phi) is 1.51. The van der Waals surface area contributed by atoms with E-state index >= 15 is 0 Å². The maximum atomic E-state index is 11.5. The first kappa shape index (κ1) is 7.72. The predicted octanol–water partition coefficient (Wildman–Crippen LogP) is -0.0893. The summed E-state index contributed by atoms with van der Waals surface area (Å²) >= 11 is 0. The summed E-state index contributed by atoms with van der Waals surface area (Å²) in [6.07, 6.45) is 1.43. The molecule has 0 atom stereocenters. The number of aryl methyl sites for hydroxylation is 1. The molecular formula is C8H8N4O. The molecule has 0 bridgehead atoms. The molecule has 0 spiro atoms. The zero-order chi connectivity index (χ0) is 9.42. The molecule has 0 aromatic carbocycles. The van der Waals surface area contributed by atoms with Crippen molar-refractivity contribution in [3.8, 4) is 0 Å². The van der Waals surface area contributed by atoms with Crippen LogP contribution < -0.4 is 11.3 Å². The van der Waals surface area contributed by atoms with E-state index in [-0.39, 0.29) is 5.56 Å². The minimum Gasteiger partial charge on any atom is -0.384 e. The Balaban J connectivity index is 2.95. The molecule has 5 heteroatoms. The Morgan fingerprint density at radius 2 is 2.23 bits per heavy atom. The van der Waals surface area contributed by atoms with E-state index in [1.807, 2.05) is 0 Å². The van der Waals surface area contributed by atoms with Crippen LogP contribution in [0.1, 0.15) is 0 Å². The Morgan fingerprint density at radius 1 is 1.46 bits per heavy atom. The largest absolute Gasteiger partial charge is 0.384 e. The van der Waals surface area contributed by atoms with Crippen molar-refractivity contribution in [3.05, 3.63) is 28.8 Å². The van der Waals surface area contributed by atoms with E-state index in [1.54, 1.807) is 19.2 Å². The van der Waals surface area contributed by atoms with Crippen molar-refractivity contribution in [1.29, 1.82) is 0 Å². The number of nitrogens with zero attached hydrogens (tertiary/aromatic N) is 3. The number of hydrogen-bond acceptors (Lipinski definition) is 4. The van der Waals surface area contributed by atoms with Gasteiger partial charge in [0.2, 0.25) is 0 Å². The van der Waals surface area contributed by atoms with E-state index in [2.05, 4.69) is 9.97 Å². The van der Waals surface area contributed by atoms with Crippen LogP contribution in [0.3, 0.4) is 0 Å². The van der Waals surface area contributed by atoms with Crippen LogP contribution in [0.2, 0.25) is 0 Å². The lowest BCUT2D eigenvalue weighted by Crippen LogP contribution is -2.17. The molecule has 66 valence electrons. The van der Waals surface area contributed by atoms with E-state index in [9.17, 15) is 4.79 Å². The van der Waals surface area contributed by atoms with Gasteiger partial charge in [-0.3, -0.25) is 4.79 Å². The summed E-state index contributed by atoms with van der Waals surface area (Å²) in [6.45, 7) is 0. The molecule has 0 saturated carbocycles. The molecule has 0 aliphatic rings. The van der Waals surface area contributed by atoms with Crippen LogP contribution in [0.15, 0.2) is 23.3 Å². The highest BCUT2D eigenvalue weighted by Gasteiger charge is 2.01. The van der Waals surface area contributed by atoms with Crippen molar-refractivity contribution in [1.82, 2.24) is 14.5 Å². The van der Waals surface area contributed by atoms with E-state index in [4.69, 9.17) is 5.73 Å². The maximum Gasteiger partial charge on any atom is 0.262 e. The molecule has 2 rings (SSSR count). The molecule has 13 heavy (non-hydrogen) atoms. The molecule has 0 saturated heterocycles. The van der Waals surface area contributed by atoms with Crippen LogP contribution in [-0.4, -0.2) is 14.5 Å². The van der Waals surface area contributed by atoms with Crippen LogP contribution in [-0.2, 0) is 7.05 Å². The van der Waals surface area contributed by atoms with Gasteiger partial charge in [0.15, 0.2) is 5.65 Å². The van der Waals surface area contributed by atoms with Crippen LogP contribution in [0.25, 0.3) is 11.0 Å². The summed E-state index contributed by atoms with van der Waals surface area (Å²) in [7, 11) is 1.64. The molecule has 0 radical (unpaired) electrons. The third kappa shape index (κ3) is 1.14. The Bertz CT molecular complexity index is 517. The highest BCUT2D eigenvalue weighted by molar-refractivity contribution is 5.74. The van der Waals surface area contributed by atoms with Gasteiger partial charge in [-0.1, -0.05) is 0 Å². The highest BCUT2D eigenvalue weighted by Crippen LogP contribution is 2.05. The normalized spacial score (nSPS) is 10.5. The van der Waals surface area contributed by atoms with Gasteiger partial charge in [-0.15, -0.1) is 0 Å². The Labute approximate surface area is 73.8 Å². The van der Waals surface area contributed by atoms with Gasteiger partial charge in [0, 0.05) is 7.05 Å². The average Bonchev–Trinajstić information content (AvgIpc) is 2.12. The summed E-state index contributed by atoms with van der Waals surface area (Å²) in [4.78, 5) is 19.4. The number of aromatic nitrogens is 3.